The van der Waals surface area contributed by atoms with Gasteiger partial charge in [-0.3, -0.25) is 14.9 Å². The summed E-state index contributed by atoms with van der Waals surface area (Å²) >= 11 is 0.911. The van der Waals surface area contributed by atoms with Crippen molar-refractivity contribution in [3.05, 3.63) is 27.1 Å². The normalized spacial score (nSPS) is 20.1. The number of carbonyl (C=O) groups is 1. The van der Waals surface area contributed by atoms with Crippen molar-refractivity contribution in [1.82, 2.24) is 10.6 Å². The summed E-state index contributed by atoms with van der Waals surface area (Å²) in [7, 11) is 0. The summed E-state index contributed by atoms with van der Waals surface area (Å²) in [5, 5.41) is 16.7. The SMILES string of the molecule is O=C(NC1CCCCNC1)c1ccc([N+](=O)[O-])s1. The Labute approximate surface area is 109 Å². The third kappa shape index (κ3) is 3.27. The third-order valence-corrected chi connectivity index (χ3v) is 3.91. The molecule has 1 aromatic heterocycles. The Hall–Kier alpha value is -1.47. The maximum Gasteiger partial charge on any atom is 0.324 e. The van der Waals surface area contributed by atoms with E-state index in [0.29, 0.717) is 4.88 Å². The summed E-state index contributed by atoms with van der Waals surface area (Å²) in [6.45, 7) is 1.75. The average molecular weight is 269 g/mol. The molecule has 1 amide bonds. The zero-order valence-corrected chi connectivity index (χ0v) is 10.7. The molecule has 0 aliphatic carbocycles. The van der Waals surface area contributed by atoms with Crippen molar-refractivity contribution in [3.8, 4) is 0 Å². The van der Waals surface area contributed by atoms with Gasteiger partial charge in [0, 0.05) is 18.7 Å². The predicted molar refractivity (Wildman–Crippen MR) is 68.9 cm³/mol. The minimum Gasteiger partial charge on any atom is -0.347 e. The quantitative estimate of drug-likeness (QED) is 0.643. The van der Waals surface area contributed by atoms with E-state index in [4.69, 9.17) is 0 Å². The molecule has 0 bridgehead atoms. The summed E-state index contributed by atoms with van der Waals surface area (Å²) < 4.78 is 0. The molecule has 1 saturated heterocycles. The second kappa shape index (κ2) is 5.92. The number of nitrogens with zero attached hydrogens (tertiary/aromatic N) is 1. The van der Waals surface area contributed by atoms with Crippen LogP contribution in [0.1, 0.15) is 28.9 Å². The van der Waals surface area contributed by atoms with E-state index in [1.165, 1.54) is 12.1 Å². The largest absolute Gasteiger partial charge is 0.347 e. The van der Waals surface area contributed by atoms with Gasteiger partial charge in [-0.15, -0.1) is 0 Å². The molecule has 0 radical (unpaired) electrons. The molecule has 0 spiro atoms. The van der Waals surface area contributed by atoms with E-state index in [0.717, 1.165) is 43.7 Å². The van der Waals surface area contributed by atoms with Gasteiger partial charge in [-0.05, 0) is 25.5 Å². The van der Waals surface area contributed by atoms with Crippen LogP contribution in [0.15, 0.2) is 12.1 Å². The van der Waals surface area contributed by atoms with Crippen LogP contribution in [-0.2, 0) is 0 Å². The number of thiophene rings is 1. The van der Waals surface area contributed by atoms with E-state index in [1.807, 2.05) is 0 Å². The number of rotatable bonds is 3. The number of hydrogen-bond donors (Lipinski definition) is 2. The highest BCUT2D eigenvalue weighted by atomic mass is 32.1. The lowest BCUT2D eigenvalue weighted by Crippen LogP contribution is -2.40. The Morgan fingerprint density at radius 3 is 3.06 bits per heavy atom. The van der Waals surface area contributed by atoms with Gasteiger partial charge in [-0.2, -0.15) is 0 Å². The van der Waals surface area contributed by atoms with Gasteiger partial charge in [-0.1, -0.05) is 17.8 Å². The lowest BCUT2D eigenvalue weighted by atomic mass is 10.1. The van der Waals surface area contributed by atoms with Gasteiger partial charge in [0.05, 0.1) is 9.80 Å². The Morgan fingerprint density at radius 1 is 1.50 bits per heavy atom. The highest BCUT2D eigenvalue weighted by Crippen LogP contribution is 2.23. The summed E-state index contributed by atoms with van der Waals surface area (Å²) in [5.41, 5.74) is 0. The molecular weight excluding hydrogens is 254 g/mol. The minimum absolute atomic E-state index is 0.000795. The third-order valence-electron chi connectivity index (χ3n) is 2.88. The zero-order valence-electron chi connectivity index (χ0n) is 9.85. The fraction of sp³-hybridized carbons (Fsp3) is 0.545. The van der Waals surface area contributed by atoms with Crippen LogP contribution in [0.2, 0.25) is 0 Å². The molecule has 98 valence electrons. The molecule has 0 saturated carbocycles. The smallest absolute Gasteiger partial charge is 0.324 e. The number of amides is 1. The predicted octanol–water partition coefficient (Wildman–Crippen LogP) is 1.53. The monoisotopic (exact) mass is 269 g/mol. The molecule has 1 aliphatic rings. The van der Waals surface area contributed by atoms with Crippen LogP contribution in [0.4, 0.5) is 5.00 Å². The van der Waals surface area contributed by atoms with Crippen LogP contribution in [-0.4, -0.2) is 30.0 Å². The number of nitro groups is 1. The van der Waals surface area contributed by atoms with Gasteiger partial charge in [0.25, 0.3) is 5.91 Å². The molecule has 1 fully saturated rings. The van der Waals surface area contributed by atoms with E-state index in [9.17, 15) is 14.9 Å². The number of hydrogen-bond acceptors (Lipinski definition) is 5. The van der Waals surface area contributed by atoms with Gasteiger partial charge >= 0.3 is 5.00 Å². The highest BCUT2D eigenvalue weighted by molar-refractivity contribution is 7.17. The van der Waals surface area contributed by atoms with Gasteiger partial charge < -0.3 is 10.6 Å². The van der Waals surface area contributed by atoms with E-state index < -0.39 is 4.92 Å². The van der Waals surface area contributed by atoms with Crippen molar-refractivity contribution in [3.63, 3.8) is 0 Å². The molecule has 1 aliphatic heterocycles. The molecule has 7 heteroatoms. The second-order valence-electron chi connectivity index (χ2n) is 4.27. The van der Waals surface area contributed by atoms with Crippen LogP contribution >= 0.6 is 11.3 Å². The Bertz CT molecular complexity index is 438. The molecule has 2 rings (SSSR count). The lowest BCUT2D eigenvalue weighted by Gasteiger charge is -2.15. The van der Waals surface area contributed by atoms with Gasteiger partial charge in [0.1, 0.15) is 0 Å². The molecule has 6 nitrogen and oxygen atoms in total. The first kappa shape index (κ1) is 13.0. The lowest BCUT2D eigenvalue weighted by molar-refractivity contribution is -0.380. The molecule has 1 aromatic rings. The Kier molecular flexibility index (Phi) is 4.27. The fourth-order valence-electron chi connectivity index (χ4n) is 1.95. The first-order chi connectivity index (χ1) is 8.66. The molecule has 1 atom stereocenters. The number of carbonyl (C=O) groups excluding carboxylic acids is 1. The summed E-state index contributed by atoms with van der Waals surface area (Å²) in [6.07, 6.45) is 3.16. The average Bonchev–Trinajstić information content (AvgIpc) is 2.70. The highest BCUT2D eigenvalue weighted by Gasteiger charge is 2.19. The molecule has 0 aromatic carbocycles. The topological polar surface area (TPSA) is 84.3 Å². The second-order valence-corrected chi connectivity index (χ2v) is 5.33. The van der Waals surface area contributed by atoms with Crippen molar-refractivity contribution in [1.29, 1.82) is 0 Å². The zero-order chi connectivity index (χ0) is 13.0. The van der Waals surface area contributed by atoms with Crippen molar-refractivity contribution >= 4 is 22.2 Å². The van der Waals surface area contributed by atoms with Crippen molar-refractivity contribution in [2.24, 2.45) is 0 Å². The van der Waals surface area contributed by atoms with Gasteiger partial charge in [-0.25, -0.2) is 0 Å². The summed E-state index contributed by atoms with van der Waals surface area (Å²) in [6, 6.07) is 2.98. The Balaban J connectivity index is 1.95. The van der Waals surface area contributed by atoms with Gasteiger partial charge in [0.15, 0.2) is 0 Å². The molecule has 2 heterocycles. The maximum absolute atomic E-state index is 11.9. The van der Waals surface area contributed by atoms with Crippen LogP contribution in [0.3, 0.4) is 0 Å². The van der Waals surface area contributed by atoms with Crippen molar-refractivity contribution in [2.45, 2.75) is 25.3 Å². The molecular formula is C11H15N3O3S. The van der Waals surface area contributed by atoms with Crippen LogP contribution in [0, 0.1) is 10.1 Å². The van der Waals surface area contributed by atoms with Crippen LogP contribution < -0.4 is 10.6 Å². The summed E-state index contributed by atoms with van der Waals surface area (Å²) in [4.78, 5) is 22.4. The summed E-state index contributed by atoms with van der Waals surface area (Å²) in [5.74, 6) is -0.221. The van der Waals surface area contributed by atoms with Crippen LogP contribution in [0.5, 0.6) is 0 Å². The molecule has 2 N–H and O–H groups in total. The van der Waals surface area contributed by atoms with Gasteiger partial charge in [0.2, 0.25) is 0 Å². The fourth-order valence-corrected chi connectivity index (χ4v) is 2.67. The number of nitrogens with one attached hydrogen (secondary N) is 2. The Morgan fingerprint density at radius 2 is 2.33 bits per heavy atom. The van der Waals surface area contributed by atoms with E-state index >= 15 is 0 Å². The standard InChI is InChI=1S/C11H15N3O3S/c15-11(9-4-5-10(18-9)14(16)17)13-8-3-1-2-6-12-7-8/h4-5,8,12H,1-3,6-7H2,(H,13,15). The van der Waals surface area contributed by atoms with Crippen molar-refractivity contribution in [2.75, 3.05) is 13.1 Å². The maximum atomic E-state index is 11.9. The molecule has 18 heavy (non-hydrogen) atoms. The van der Waals surface area contributed by atoms with E-state index in [-0.39, 0.29) is 17.0 Å². The minimum atomic E-state index is -0.478. The van der Waals surface area contributed by atoms with E-state index in [2.05, 4.69) is 10.6 Å². The first-order valence-electron chi connectivity index (χ1n) is 5.92. The van der Waals surface area contributed by atoms with Crippen molar-refractivity contribution < 1.29 is 9.72 Å². The first-order valence-corrected chi connectivity index (χ1v) is 6.74. The molecule has 1 unspecified atom stereocenters. The van der Waals surface area contributed by atoms with E-state index in [1.54, 1.807) is 0 Å². The van der Waals surface area contributed by atoms with Crippen LogP contribution in [0.25, 0.3) is 0 Å².